The predicted molar refractivity (Wildman–Crippen MR) is 47.9 cm³/mol. The van der Waals surface area contributed by atoms with Gasteiger partial charge in [0.05, 0.1) is 17.3 Å². The molecular weight excluding hydrogens is 172 g/mol. The van der Waals surface area contributed by atoms with Crippen LogP contribution in [0.4, 0.5) is 0 Å². The maximum absolute atomic E-state index is 4.93. The summed E-state index contributed by atoms with van der Waals surface area (Å²) in [6.07, 6.45) is 3.47. The number of nitrogens with zero attached hydrogens (tertiary/aromatic N) is 1. The van der Waals surface area contributed by atoms with E-state index in [9.17, 15) is 0 Å². The molecule has 0 spiro atoms. The van der Waals surface area contributed by atoms with Gasteiger partial charge in [0.1, 0.15) is 0 Å². The van der Waals surface area contributed by atoms with Crippen LogP contribution < -0.4 is 5.90 Å². The van der Waals surface area contributed by atoms with Crippen molar-refractivity contribution in [1.29, 1.82) is 0 Å². The maximum atomic E-state index is 4.93. The number of hydrogen-bond donors (Lipinski definition) is 1. The van der Waals surface area contributed by atoms with Crippen LogP contribution >= 0.6 is 11.3 Å². The van der Waals surface area contributed by atoms with E-state index in [0.29, 0.717) is 6.61 Å². The van der Waals surface area contributed by atoms with Crippen LogP contribution in [-0.2, 0) is 11.3 Å². The van der Waals surface area contributed by atoms with E-state index in [4.69, 9.17) is 5.90 Å². The molecule has 2 N–H and O–H groups in total. The average Bonchev–Trinajstić information content (AvgIpc) is 2.83. The molecule has 1 heterocycles. The van der Waals surface area contributed by atoms with Crippen LogP contribution in [0, 0.1) is 0 Å². The average molecular weight is 184 g/mol. The summed E-state index contributed by atoms with van der Waals surface area (Å²) < 4.78 is 0. The van der Waals surface area contributed by atoms with Gasteiger partial charge >= 0.3 is 0 Å². The lowest BCUT2D eigenvalue weighted by Crippen LogP contribution is -2.03. The first-order valence-electron chi connectivity index (χ1n) is 4.16. The highest BCUT2D eigenvalue weighted by Crippen LogP contribution is 2.41. The minimum Gasteiger partial charge on any atom is -0.304 e. The second-order valence-corrected chi connectivity index (χ2v) is 3.96. The Hall–Kier alpha value is -0.450. The van der Waals surface area contributed by atoms with Crippen LogP contribution in [0.15, 0.2) is 5.38 Å². The molecule has 0 amide bonds. The second-order valence-electron chi connectivity index (χ2n) is 3.07. The predicted octanol–water partition coefficient (Wildman–Crippen LogP) is 1.45. The molecule has 0 radical (unpaired) electrons. The summed E-state index contributed by atoms with van der Waals surface area (Å²) in [6, 6.07) is 0. The van der Waals surface area contributed by atoms with E-state index in [-0.39, 0.29) is 0 Å². The van der Waals surface area contributed by atoms with E-state index >= 15 is 0 Å². The maximum Gasteiger partial charge on any atom is 0.0959 e. The van der Waals surface area contributed by atoms with Gasteiger partial charge in [-0.3, -0.25) is 0 Å². The normalized spacial score (nSPS) is 16.8. The van der Waals surface area contributed by atoms with Crippen molar-refractivity contribution in [2.24, 2.45) is 5.90 Å². The van der Waals surface area contributed by atoms with Crippen molar-refractivity contribution in [1.82, 2.24) is 4.98 Å². The van der Waals surface area contributed by atoms with Crippen LogP contribution in [0.25, 0.3) is 0 Å². The van der Waals surface area contributed by atoms with E-state index in [1.165, 1.54) is 17.8 Å². The standard InChI is InChI=1S/C8H12N2OS/c9-11-4-3-7-5-12-8(10-7)6-1-2-6/h5-6H,1-4,9H2. The van der Waals surface area contributed by atoms with Crippen molar-refractivity contribution in [3.8, 4) is 0 Å². The molecule has 1 aliphatic carbocycles. The zero-order chi connectivity index (χ0) is 8.39. The molecule has 1 saturated carbocycles. The molecule has 0 bridgehead atoms. The van der Waals surface area contributed by atoms with Gasteiger partial charge in [0.2, 0.25) is 0 Å². The van der Waals surface area contributed by atoms with E-state index in [1.807, 2.05) is 0 Å². The van der Waals surface area contributed by atoms with Crippen molar-refractivity contribution >= 4 is 11.3 Å². The largest absolute Gasteiger partial charge is 0.304 e. The molecule has 1 aromatic heterocycles. The summed E-state index contributed by atoms with van der Waals surface area (Å²) >= 11 is 1.76. The van der Waals surface area contributed by atoms with E-state index in [1.54, 1.807) is 11.3 Å². The van der Waals surface area contributed by atoms with Crippen LogP contribution in [0.3, 0.4) is 0 Å². The Morgan fingerprint density at radius 1 is 1.67 bits per heavy atom. The summed E-state index contributed by atoms with van der Waals surface area (Å²) in [7, 11) is 0. The van der Waals surface area contributed by atoms with Gasteiger partial charge in [0, 0.05) is 17.7 Å². The smallest absolute Gasteiger partial charge is 0.0959 e. The van der Waals surface area contributed by atoms with Crippen molar-refractivity contribution in [2.45, 2.75) is 25.2 Å². The lowest BCUT2D eigenvalue weighted by molar-refractivity contribution is 0.140. The molecule has 0 saturated heterocycles. The summed E-state index contributed by atoms with van der Waals surface area (Å²) in [5.41, 5.74) is 1.12. The van der Waals surface area contributed by atoms with Gasteiger partial charge in [-0.15, -0.1) is 11.3 Å². The minimum absolute atomic E-state index is 0.563. The molecule has 12 heavy (non-hydrogen) atoms. The summed E-state index contributed by atoms with van der Waals surface area (Å²) in [4.78, 5) is 8.99. The first-order valence-corrected chi connectivity index (χ1v) is 5.04. The van der Waals surface area contributed by atoms with Gasteiger partial charge < -0.3 is 4.84 Å². The Balaban J connectivity index is 1.93. The van der Waals surface area contributed by atoms with Gasteiger partial charge in [-0.25, -0.2) is 10.9 Å². The molecule has 1 aliphatic rings. The Labute approximate surface area is 75.5 Å². The molecule has 4 heteroatoms. The monoisotopic (exact) mass is 184 g/mol. The lowest BCUT2D eigenvalue weighted by Gasteiger charge is -1.92. The van der Waals surface area contributed by atoms with Crippen LogP contribution in [0.2, 0.25) is 0 Å². The quantitative estimate of drug-likeness (QED) is 0.720. The number of aromatic nitrogens is 1. The lowest BCUT2D eigenvalue weighted by atomic mass is 10.3. The molecule has 0 aromatic carbocycles. The zero-order valence-electron chi connectivity index (χ0n) is 6.82. The van der Waals surface area contributed by atoms with Crippen molar-refractivity contribution < 1.29 is 4.84 Å². The van der Waals surface area contributed by atoms with E-state index in [2.05, 4.69) is 15.2 Å². The molecule has 1 fully saturated rings. The van der Waals surface area contributed by atoms with Crippen molar-refractivity contribution in [2.75, 3.05) is 6.61 Å². The molecule has 2 rings (SSSR count). The third-order valence-electron chi connectivity index (χ3n) is 1.97. The van der Waals surface area contributed by atoms with Gasteiger partial charge in [-0.2, -0.15) is 0 Å². The fourth-order valence-corrected chi connectivity index (χ4v) is 2.14. The Morgan fingerprint density at radius 3 is 3.17 bits per heavy atom. The van der Waals surface area contributed by atoms with Gasteiger partial charge in [0.25, 0.3) is 0 Å². The fraction of sp³-hybridized carbons (Fsp3) is 0.625. The second kappa shape index (κ2) is 3.51. The number of nitrogens with two attached hydrogens (primary N) is 1. The Kier molecular flexibility index (Phi) is 2.39. The molecule has 66 valence electrons. The summed E-state index contributed by atoms with van der Waals surface area (Å²) in [5, 5.41) is 3.40. The van der Waals surface area contributed by atoms with Crippen LogP contribution in [0.5, 0.6) is 0 Å². The minimum atomic E-state index is 0.563. The van der Waals surface area contributed by atoms with E-state index in [0.717, 1.165) is 18.0 Å². The topological polar surface area (TPSA) is 48.1 Å². The highest BCUT2D eigenvalue weighted by molar-refractivity contribution is 7.09. The summed E-state index contributed by atoms with van der Waals surface area (Å²) in [6.45, 7) is 0.563. The number of rotatable bonds is 4. The zero-order valence-corrected chi connectivity index (χ0v) is 7.64. The molecular formula is C8H12N2OS. The van der Waals surface area contributed by atoms with Crippen molar-refractivity contribution in [3.05, 3.63) is 16.1 Å². The molecule has 0 aliphatic heterocycles. The van der Waals surface area contributed by atoms with Gasteiger partial charge in [-0.1, -0.05) is 0 Å². The Bertz CT molecular complexity index is 257. The number of hydrogen-bond acceptors (Lipinski definition) is 4. The van der Waals surface area contributed by atoms with Gasteiger partial charge in [0.15, 0.2) is 0 Å². The molecule has 0 atom stereocenters. The molecule has 1 aromatic rings. The van der Waals surface area contributed by atoms with Crippen LogP contribution in [-0.4, -0.2) is 11.6 Å². The van der Waals surface area contributed by atoms with Crippen molar-refractivity contribution in [3.63, 3.8) is 0 Å². The third-order valence-corrected chi connectivity index (χ3v) is 3.03. The third kappa shape index (κ3) is 1.83. The summed E-state index contributed by atoms with van der Waals surface area (Å²) in [5.74, 6) is 5.70. The van der Waals surface area contributed by atoms with Gasteiger partial charge in [-0.05, 0) is 12.8 Å². The first-order chi connectivity index (χ1) is 5.90. The fourth-order valence-electron chi connectivity index (χ4n) is 1.12. The first kappa shape index (κ1) is 8.16. The SMILES string of the molecule is NOCCc1csc(C2CC2)n1. The highest BCUT2D eigenvalue weighted by Gasteiger charge is 2.26. The van der Waals surface area contributed by atoms with E-state index < -0.39 is 0 Å². The Morgan fingerprint density at radius 2 is 2.50 bits per heavy atom. The molecule has 3 nitrogen and oxygen atoms in total. The number of thiazole rings is 1. The van der Waals surface area contributed by atoms with Crippen LogP contribution in [0.1, 0.15) is 29.5 Å². The highest BCUT2D eigenvalue weighted by atomic mass is 32.1. The molecule has 0 unspecified atom stereocenters.